The highest BCUT2D eigenvalue weighted by atomic mass is 35.5. The maximum atomic E-state index is 6.11. The molecular weight excluding hydrogens is 286 g/mol. The summed E-state index contributed by atoms with van der Waals surface area (Å²) in [6.07, 6.45) is 4.50. The maximum absolute atomic E-state index is 6.11. The zero-order valence-electron chi connectivity index (χ0n) is 12.3. The largest absolute Gasteiger partial charge is 0.496 e. The number of benzene rings is 1. The predicted molar refractivity (Wildman–Crippen MR) is 86.8 cm³/mol. The molecule has 0 amide bonds. The molecule has 0 bridgehead atoms. The summed E-state index contributed by atoms with van der Waals surface area (Å²) in [7, 11) is 1.64. The van der Waals surface area contributed by atoms with Gasteiger partial charge < -0.3 is 15.8 Å². The number of hydrogen-bond donors (Lipinski definition) is 2. The second kappa shape index (κ2) is 7.29. The van der Waals surface area contributed by atoms with E-state index in [0.29, 0.717) is 10.7 Å². The molecule has 0 saturated heterocycles. The smallest absolute Gasteiger partial charge is 0.125 e. The van der Waals surface area contributed by atoms with Gasteiger partial charge in [0, 0.05) is 34.2 Å². The molecule has 1 unspecified atom stereocenters. The number of aromatic nitrogens is 1. The van der Waals surface area contributed by atoms with Gasteiger partial charge in [-0.05, 0) is 31.2 Å². The Morgan fingerprint density at radius 2 is 2.14 bits per heavy atom. The van der Waals surface area contributed by atoms with E-state index in [1.165, 1.54) is 0 Å². The van der Waals surface area contributed by atoms with Gasteiger partial charge in [-0.25, -0.2) is 0 Å². The molecule has 0 aliphatic rings. The highest BCUT2D eigenvalue weighted by Crippen LogP contribution is 2.34. The number of nitrogen functional groups attached to an aromatic ring is 1. The first kappa shape index (κ1) is 15.6. The minimum absolute atomic E-state index is 0.0779. The molecule has 3 N–H and O–H groups in total. The third kappa shape index (κ3) is 3.65. The van der Waals surface area contributed by atoms with Gasteiger partial charge in [0.25, 0.3) is 0 Å². The maximum Gasteiger partial charge on any atom is 0.125 e. The SMILES string of the molecule is CCCNC(c1cnccc1N)c1ccc(Cl)cc1OC. The molecule has 2 aromatic rings. The molecule has 2 rings (SSSR count). The molecule has 4 nitrogen and oxygen atoms in total. The molecule has 112 valence electrons. The Labute approximate surface area is 130 Å². The van der Waals surface area contributed by atoms with Crippen molar-refractivity contribution >= 4 is 17.3 Å². The van der Waals surface area contributed by atoms with Crippen LogP contribution in [0.1, 0.15) is 30.5 Å². The summed E-state index contributed by atoms with van der Waals surface area (Å²) in [5.41, 5.74) is 8.74. The van der Waals surface area contributed by atoms with Crippen molar-refractivity contribution in [3.05, 3.63) is 52.8 Å². The Bertz CT molecular complexity index is 604. The lowest BCUT2D eigenvalue weighted by atomic mass is 9.97. The Hall–Kier alpha value is -1.78. The fourth-order valence-electron chi connectivity index (χ4n) is 2.26. The summed E-state index contributed by atoms with van der Waals surface area (Å²) in [5.74, 6) is 0.736. The van der Waals surface area contributed by atoms with Crippen LogP contribution < -0.4 is 15.8 Å². The van der Waals surface area contributed by atoms with Crippen molar-refractivity contribution in [1.82, 2.24) is 10.3 Å². The number of hydrogen-bond acceptors (Lipinski definition) is 4. The van der Waals surface area contributed by atoms with Crippen LogP contribution in [-0.2, 0) is 0 Å². The molecule has 1 heterocycles. The van der Waals surface area contributed by atoms with Crippen molar-refractivity contribution in [3.63, 3.8) is 0 Å². The lowest BCUT2D eigenvalue weighted by Crippen LogP contribution is -2.24. The molecule has 1 aromatic carbocycles. The van der Waals surface area contributed by atoms with E-state index in [1.54, 1.807) is 25.6 Å². The lowest BCUT2D eigenvalue weighted by Gasteiger charge is -2.22. The van der Waals surface area contributed by atoms with Gasteiger partial charge in [0.05, 0.1) is 13.2 Å². The monoisotopic (exact) mass is 305 g/mol. The van der Waals surface area contributed by atoms with Crippen LogP contribution in [-0.4, -0.2) is 18.6 Å². The Morgan fingerprint density at radius 3 is 2.81 bits per heavy atom. The third-order valence-corrected chi connectivity index (χ3v) is 3.54. The van der Waals surface area contributed by atoms with Crippen LogP contribution in [0.25, 0.3) is 0 Å². The summed E-state index contributed by atoms with van der Waals surface area (Å²) in [6.45, 7) is 2.99. The number of pyridine rings is 1. The van der Waals surface area contributed by atoms with Crippen LogP contribution in [0.2, 0.25) is 5.02 Å². The van der Waals surface area contributed by atoms with E-state index in [9.17, 15) is 0 Å². The van der Waals surface area contributed by atoms with Crippen molar-refractivity contribution in [1.29, 1.82) is 0 Å². The van der Waals surface area contributed by atoms with Crippen molar-refractivity contribution in [2.75, 3.05) is 19.4 Å². The van der Waals surface area contributed by atoms with Gasteiger partial charge in [-0.1, -0.05) is 24.6 Å². The number of ether oxygens (including phenoxy) is 1. The van der Waals surface area contributed by atoms with Crippen LogP contribution in [0.3, 0.4) is 0 Å². The fourth-order valence-corrected chi connectivity index (χ4v) is 2.42. The number of anilines is 1. The fraction of sp³-hybridized carbons (Fsp3) is 0.312. The molecule has 0 aliphatic carbocycles. The second-order valence-electron chi connectivity index (χ2n) is 4.78. The topological polar surface area (TPSA) is 60.2 Å². The van der Waals surface area contributed by atoms with E-state index in [0.717, 1.165) is 29.8 Å². The van der Waals surface area contributed by atoms with E-state index in [-0.39, 0.29) is 6.04 Å². The molecule has 21 heavy (non-hydrogen) atoms. The van der Waals surface area contributed by atoms with Gasteiger partial charge >= 0.3 is 0 Å². The molecule has 0 spiro atoms. The van der Waals surface area contributed by atoms with Crippen LogP contribution in [0, 0.1) is 0 Å². The molecule has 5 heteroatoms. The summed E-state index contributed by atoms with van der Waals surface area (Å²) >= 11 is 6.04. The minimum Gasteiger partial charge on any atom is -0.496 e. The molecule has 0 aliphatic heterocycles. The number of nitrogens with two attached hydrogens (primary N) is 1. The van der Waals surface area contributed by atoms with E-state index < -0.39 is 0 Å². The van der Waals surface area contributed by atoms with Crippen LogP contribution in [0.15, 0.2) is 36.7 Å². The highest BCUT2D eigenvalue weighted by molar-refractivity contribution is 6.30. The van der Waals surface area contributed by atoms with Crippen molar-refractivity contribution in [2.24, 2.45) is 0 Å². The third-order valence-electron chi connectivity index (χ3n) is 3.30. The number of halogens is 1. The zero-order chi connectivity index (χ0) is 15.2. The minimum atomic E-state index is -0.0779. The van der Waals surface area contributed by atoms with Gasteiger partial charge in [0.1, 0.15) is 5.75 Å². The summed E-state index contributed by atoms with van der Waals surface area (Å²) in [4.78, 5) is 4.19. The summed E-state index contributed by atoms with van der Waals surface area (Å²) < 4.78 is 5.46. The number of nitrogens with zero attached hydrogens (tertiary/aromatic N) is 1. The van der Waals surface area contributed by atoms with Gasteiger partial charge in [0.2, 0.25) is 0 Å². The normalized spacial score (nSPS) is 12.1. The number of rotatable bonds is 6. The lowest BCUT2D eigenvalue weighted by molar-refractivity contribution is 0.404. The first-order valence-corrected chi connectivity index (χ1v) is 7.31. The zero-order valence-corrected chi connectivity index (χ0v) is 13.0. The Morgan fingerprint density at radius 1 is 1.33 bits per heavy atom. The van der Waals surface area contributed by atoms with Gasteiger partial charge in [-0.2, -0.15) is 0 Å². The molecule has 1 atom stereocenters. The predicted octanol–water partition coefficient (Wildman–Crippen LogP) is 3.41. The quantitative estimate of drug-likeness (QED) is 0.858. The molecule has 0 fully saturated rings. The standard InChI is InChI=1S/C16H20ClN3O/c1-3-7-20-16(13-10-19-8-6-14(13)18)12-5-4-11(17)9-15(12)21-2/h4-6,8-10,16,20H,3,7H2,1-2H3,(H2,18,19). The van der Waals surface area contributed by atoms with Crippen molar-refractivity contribution in [2.45, 2.75) is 19.4 Å². The van der Waals surface area contributed by atoms with Gasteiger partial charge in [0.15, 0.2) is 0 Å². The van der Waals surface area contributed by atoms with Gasteiger partial charge in [-0.3, -0.25) is 4.98 Å². The Balaban J connectivity index is 2.48. The second-order valence-corrected chi connectivity index (χ2v) is 5.21. The van der Waals surface area contributed by atoms with E-state index in [4.69, 9.17) is 22.1 Å². The highest BCUT2D eigenvalue weighted by Gasteiger charge is 2.20. The van der Waals surface area contributed by atoms with Crippen LogP contribution in [0.4, 0.5) is 5.69 Å². The molecule has 1 aromatic heterocycles. The van der Waals surface area contributed by atoms with Crippen molar-refractivity contribution in [3.8, 4) is 5.75 Å². The van der Waals surface area contributed by atoms with Crippen molar-refractivity contribution < 1.29 is 4.74 Å². The molecule has 0 saturated carbocycles. The van der Waals surface area contributed by atoms with E-state index in [2.05, 4.69) is 17.2 Å². The molecule has 0 radical (unpaired) electrons. The first-order chi connectivity index (χ1) is 10.2. The van der Waals surface area contributed by atoms with Crippen LogP contribution in [0.5, 0.6) is 5.75 Å². The van der Waals surface area contributed by atoms with Gasteiger partial charge in [-0.15, -0.1) is 0 Å². The Kier molecular flexibility index (Phi) is 5.42. The van der Waals surface area contributed by atoms with Crippen LogP contribution >= 0.6 is 11.6 Å². The van der Waals surface area contributed by atoms with E-state index in [1.807, 2.05) is 18.2 Å². The number of nitrogens with one attached hydrogen (secondary N) is 1. The van der Waals surface area contributed by atoms with E-state index >= 15 is 0 Å². The summed E-state index contributed by atoms with van der Waals surface area (Å²) in [6, 6.07) is 7.35. The average Bonchev–Trinajstić information content (AvgIpc) is 2.50. The number of methoxy groups -OCH3 is 1. The average molecular weight is 306 g/mol. The molecular formula is C16H20ClN3O. The first-order valence-electron chi connectivity index (χ1n) is 6.93. The summed E-state index contributed by atoms with van der Waals surface area (Å²) in [5, 5.41) is 4.14.